The van der Waals surface area contributed by atoms with Gasteiger partial charge in [-0.15, -0.1) is 0 Å². The molecule has 2 rings (SSSR count). The van der Waals surface area contributed by atoms with Crippen molar-refractivity contribution in [3.63, 3.8) is 0 Å². The van der Waals surface area contributed by atoms with Gasteiger partial charge in [-0.3, -0.25) is 4.79 Å². The van der Waals surface area contributed by atoms with Crippen molar-refractivity contribution in [3.05, 3.63) is 21.6 Å². The highest BCUT2D eigenvalue weighted by Gasteiger charge is 2.31. The first-order valence-corrected chi connectivity index (χ1v) is 6.89. The lowest BCUT2D eigenvalue weighted by atomic mass is 10.0. The van der Waals surface area contributed by atoms with Crippen molar-refractivity contribution in [2.75, 3.05) is 18.0 Å². The zero-order valence-corrected chi connectivity index (χ0v) is 12.2. The van der Waals surface area contributed by atoms with Gasteiger partial charge in [0.1, 0.15) is 11.6 Å². The SMILES string of the molecule is CC(N)C1CCN(c2cnn(CC(F)(F)F)c(=O)c2Cl)C1. The Bertz CT molecular complexity index is 573. The van der Waals surface area contributed by atoms with E-state index in [1.54, 1.807) is 0 Å². The van der Waals surface area contributed by atoms with Crippen molar-refractivity contribution in [2.24, 2.45) is 11.7 Å². The van der Waals surface area contributed by atoms with Crippen molar-refractivity contribution in [1.29, 1.82) is 0 Å². The topological polar surface area (TPSA) is 64.2 Å². The molecule has 2 heterocycles. The maximum Gasteiger partial charge on any atom is 0.408 e. The number of halogens is 4. The van der Waals surface area contributed by atoms with Crippen LogP contribution >= 0.6 is 11.6 Å². The molecule has 0 aromatic carbocycles. The first-order chi connectivity index (χ1) is 9.69. The van der Waals surface area contributed by atoms with Crippen LogP contribution in [0.1, 0.15) is 13.3 Å². The fourth-order valence-electron chi connectivity index (χ4n) is 2.39. The Morgan fingerprint density at radius 1 is 1.57 bits per heavy atom. The predicted octanol–water partition coefficient (Wildman–Crippen LogP) is 1.63. The molecule has 0 saturated carbocycles. The Hall–Kier alpha value is -1.28. The third kappa shape index (κ3) is 3.68. The summed E-state index contributed by atoms with van der Waals surface area (Å²) in [4.78, 5) is 13.7. The van der Waals surface area contributed by atoms with Gasteiger partial charge in [-0.2, -0.15) is 18.3 Å². The molecular weight excluding hydrogens is 309 g/mol. The van der Waals surface area contributed by atoms with Gasteiger partial charge in [-0.05, 0) is 19.3 Å². The molecule has 0 spiro atoms. The fraction of sp³-hybridized carbons (Fsp3) is 0.667. The highest BCUT2D eigenvalue weighted by Crippen LogP contribution is 2.28. The van der Waals surface area contributed by atoms with Crippen LogP contribution < -0.4 is 16.2 Å². The molecule has 0 amide bonds. The smallest absolute Gasteiger partial charge is 0.369 e. The van der Waals surface area contributed by atoms with Crippen LogP contribution in [0, 0.1) is 5.92 Å². The van der Waals surface area contributed by atoms with Crippen molar-refractivity contribution < 1.29 is 13.2 Å². The van der Waals surface area contributed by atoms with Crippen LogP contribution in [0.15, 0.2) is 11.0 Å². The van der Waals surface area contributed by atoms with Crippen molar-refractivity contribution in [2.45, 2.75) is 32.1 Å². The van der Waals surface area contributed by atoms with Gasteiger partial charge in [-0.25, -0.2) is 4.68 Å². The predicted molar refractivity (Wildman–Crippen MR) is 73.5 cm³/mol. The third-order valence-corrected chi connectivity index (χ3v) is 3.96. The van der Waals surface area contributed by atoms with E-state index >= 15 is 0 Å². The van der Waals surface area contributed by atoms with Crippen LogP contribution in [0.2, 0.25) is 5.02 Å². The summed E-state index contributed by atoms with van der Waals surface area (Å²) in [5.41, 5.74) is 5.26. The van der Waals surface area contributed by atoms with Crippen LogP contribution in [0.4, 0.5) is 18.9 Å². The zero-order chi connectivity index (χ0) is 15.8. The summed E-state index contributed by atoms with van der Waals surface area (Å²) >= 11 is 5.92. The van der Waals surface area contributed by atoms with E-state index in [2.05, 4.69) is 5.10 Å². The lowest BCUT2D eigenvalue weighted by molar-refractivity contribution is -0.143. The van der Waals surface area contributed by atoms with Crippen LogP contribution in [0.25, 0.3) is 0 Å². The Kier molecular flexibility index (Phi) is 4.48. The van der Waals surface area contributed by atoms with Gasteiger partial charge in [-0.1, -0.05) is 11.6 Å². The van der Waals surface area contributed by atoms with Crippen LogP contribution in [-0.2, 0) is 6.54 Å². The minimum atomic E-state index is -4.52. The highest BCUT2D eigenvalue weighted by atomic mass is 35.5. The molecular formula is C12H16ClF3N4O. The molecule has 5 nitrogen and oxygen atoms in total. The van der Waals surface area contributed by atoms with E-state index in [0.717, 1.165) is 6.42 Å². The van der Waals surface area contributed by atoms with Gasteiger partial charge in [0.2, 0.25) is 0 Å². The molecule has 1 aromatic rings. The number of anilines is 1. The second-order valence-electron chi connectivity index (χ2n) is 5.28. The summed E-state index contributed by atoms with van der Waals surface area (Å²) in [6, 6.07) is 0.00679. The number of hydrogen-bond acceptors (Lipinski definition) is 4. The van der Waals surface area contributed by atoms with Gasteiger partial charge in [0.15, 0.2) is 0 Å². The normalized spacial score (nSPS) is 20.9. The molecule has 1 aliphatic heterocycles. The van der Waals surface area contributed by atoms with Gasteiger partial charge in [0.05, 0.1) is 11.9 Å². The van der Waals surface area contributed by atoms with Crippen molar-refractivity contribution >= 4 is 17.3 Å². The highest BCUT2D eigenvalue weighted by molar-refractivity contribution is 6.33. The first kappa shape index (κ1) is 16.1. The van der Waals surface area contributed by atoms with Crippen LogP contribution in [0.3, 0.4) is 0 Å². The molecule has 9 heteroatoms. The first-order valence-electron chi connectivity index (χ1n) is 6.52. The Labute approximate surface area is 124 Å². The molecule has 2 unspecified atom stereocenters. The van der Waals surface area contributed by atoms with Crippen LogP contribution in [0.5, 0.6) is 0 Å². The maximum atomic E-state index is 12.3. The van der Waals surface area contributed by atoms with E-state index in [9.17, 15) is 18.0 Å². The van der Waals surface area contributed by atoms with E-state index in [4.69, 9.17) is 17.3 Å². The molecule has 1 aromatic heterocycles. The second-order valence-corrected chi connectivity index (χ2v) is 5.65. The van der Waals surface area contributed by atoms with E-state index in [0.29, 0.717) is 23.5 Å². The van der Waals surface area contributed by atoms with E-state index in [-0.39, 0.29) is 17.0 Å². The molecule has 0 aliphatic carbocycles. The van der Waals surface area contributed by atoms with Crippen LogP contribution in [-0.4, -0.2) is 35.1 Å². The fourth-order valence-corrected chi connectivity index (χ4v) is 2.66. The third-order valence-electron chi connectivity index (χ3n) is 3.60. The summed E-state index contributed by atoms with van der Waals surface area (Å²) in [6.07, 6.45) is -2.46. The molecule has 21 heavy (non-hydrogen) atoms. The number of hydrogen-bond donors (Lipinski definition) is 1. The van der Waals surface area contributed by atoms with E-state index in [1.807, 2.05) is 11.8 Å². The minimum absolute atomic E-state index is 0.00679. The molecule has 1 aliphatic rings. The molecule has 1 saturated heterocycles. The zero-order valence-electron chi connectivity index (χ0n) is 11.4. The lowest BCUT2D eigenvalue weighted by Crippen LogP contribution is -2.33. The summed E-state index contributed by atoms with van der Waals surface area (Å²) in [6.45, 7) is 1.71. The summed E-state index contributed by atoms with van der Waals surface area (Å²) in [5, 5.41) is 3.33. The largest absolute Gasteiger partial charge is 0.408 e. The molecule has 2 N–H and O–H groups in total. The standard InChI is InChI=1S/C12H16ClF3N4O/c1-7(17)8-2-3-19(5-8)9-4-18-20(6-12(14,15)16)11(21)10(9)13/h4,7-8H,2-3,5-6,17H2,1H3. The summed E-state index contributed by atoms with van der Waals surface area (Å²) in [7, 11) is 0. The van der Waals surface area contributed by atoms with E-state index < -0.39 is 18.3 Å². The Balaban J connectivity index is 2.24. The summed E-state index contributed by atoms with van der Waals surface area (Å²) in [5.74, 6) is 0.263. The number of rotatable bonds is 3. The Morgan fingerprint density at radius 3 is 2.76 bits per heavy atom. The number of alkyl halides is 3. The average molecular weight is 325 g/mol. The number of aromatic nitrogens is 2. The molecule has 118 valence electrons. The number of nitrogens with two attached hydrogens (primary N) is 1. The summed E-state index contributed by atoms with van der Waals surface area (Å²) < 4.78 is 37.3. The number of nitrogens with zero attached hydrogens (tertiary/aromatic N) is 3. The lowest BCUT2D eigenvalue weighted by Gasteiger charge is -2.21. The molecule has 0 bridgehead atoms. The van der Waals surface area contributed by atoms with Gasteiger partial charge in [0.25, 0.3) is 5.56 Å². The Morgan fingerprint density at radius 2 is 2.24 bits per heavy atom. The van der Waals surface area contributed by atoms with E-state index in [1.165, 1.54) is 6.20 Å². The minimum Gasteiger partial charge on any atom is -0.369 e. The maximum absolute atomic E-state index is 12.3. The quantitative estimate of drug-likeness (QED) is 0.918. The van der Waals surface area contributed by atoms with Gasteiger partial charge >= 0.3 is 6.18 Å². The average Bonchev–Trinajstić information content (AvgIpc) is 2.83. The molecule has 2 atom stereocenters. The monoisotopic (exact) mass is 324 g/mol. The molecule has 1 fully saturated rings. The van der Waals surface area contributed by atoms with Gasteiger partial charge in [0, 0.05) is 19.1 Å². The second kappa shape index (κ2) is 5.84. The van der Waals surface area contributed by atoms with Crippen molar-refractivity contribution in [3.8, 4) is 0 Å². The van der Waals surface area contributed by atoms with Crippen molar-refractivity contribution in [1.82, 2.24) is 9.78 Å². The van der Waals surface area contributed by atoms with Gasteiger partial charge < -0.3 is 10.6 Å². The molecule has 0 radical (unpaired) electrons.